The number of hydrogen-bond donors (Lipinski definition) is 1. The number of anilines is 2. The maximum atomic E-state index is 12.7. The third-order valence-electron chi connectivity index (χ3n) is 5.76. The molecule has 2 aliphatic rings. The Hall–Kier alpha value is -4.07. The second kappa shape index (κ2) is 9.20. The maximum absolute atomic E-state index is 12.7. The van der Waals surface area contributed by atoms with Crippen LogP contribution >= 0.6 is 0 Å². The van der Waals surface area contributed by atoms with E-state index in [-0.39, 0.29) is 35.0 Å². The van der Waals surface area contributed by atoms with E-state index in [1.54, 1.807) is 18.2 Å². The summed E-state index contributed by atoms with van der Waals surface area (Å²) in [5.74, 6) is -2.51. The fourth-order valence-corrected chi connectivity index (χ4v) is 4.03. The fourth-order valence-electron chi connectivity index (χ4n) is 4.03. The topological polar surface area (TPSA) is 110 Å². The van der Waals surface area contributed by atoms with Crippen molar-refractivity contribution in [2.24, 2.45) is 11.8 Å². The number of ketones is 1. The van der Waals surface area contributed by atoms with E-state index >= 15 is 0 Å². The van der Waals surface area contributed by atoms with E-state index in [0.717, 1.165) is 0 Å². The zero-order valence-corrected chi connectivity index (χ0v) is 17.9. The highest BCUT2D eigenvalue weighted by molar-refractivity contribution is 6.22. The summed E-state index contributed by atoms with van der Waals surface area (Å²) in [4.78, 5) is 62.4. The van der Waals surface area contributed by atoms with Crippen molar-refractivity contribution in [3.8, 4) is 0 Å². The van der Waals surface area contributed by atoms with Crippen LogP contribution < -0.4 is 10.2 Å². The Morgan fingerprint density at radius 2 is 1.58 bits per heavy atom. The van der Waals surface area contributed by atoms with Crippen molar-refractivity contribution in [2.75, 3.05) is 16.8 Å². The predicted octanol–water partition coefficient (Wildman–Crippen LogP) is 3.14. The van der Waals surface area contributed by atoms with Crippen LogP contribution in [0.1, 0.15) is 40.5 Å². The van der Waals surface area contributed by atoms with Crippen molar-refractivity contribution < 1.29 is 28.7 Å². The molecule has 168 valence electrons. The Bertz CT molecular complexity index is 1140. The molecule has 3 amide bonds. The number of benzene rings is 2. The number of fused-ring (bicyclic) bond motifs is 1. The van der Waals surface area contributed by atoms with Gasteiger partial charge in [0.05, 0.1) is 23.1 Å². The summed E-state index contributed by atoms with van der Waals surface area (Å²) in [5.41, 5.74) is 1.46. The van der Waals surface area contributed by atoms with Gasteiger partial charge in [-0.1, -0.05) is 24.3 Å². The number of Topliss-reactive ketones (excluding diaryl/α,β-unsaturated/α-hetero) is 1. The normalized spacial score (nSPS) is 19.2. The molecule has 0 radical (unpaired) electrons. The summed E-state index contributed by atoms with van der Waals surface area (Å²) in [6.45, 7) is 0.915. The Morgan fingerprint density at radius 1 is 0.939 bits per heavy atom. The largest absolute Gasteiger partial charge is 0.452 e. The highest BCUT2D eigenvalue weighted by Crippen LogP contribution is 2.37. The summed E-state index contributed by atoms with van der Waals surface area (Å²) >= 11 is 0. The number of hydrogen-bond acceptors (Lipinski definition) is 6. The van der Waals surface area contributed by atoms with E-state index in [0.29, 0.717) is 29.8 Å². The van der Waals surface area contributed by atoms with Crippen molar-refractivity contribution in [3.63, 3.8) is 0 Å². The van der Waals surface area contributed by atoms with E-state index in [9.17, 15) is 24.0 Å². The van der Waals surface area contributed by atoms with Gasteiger partial charge >= 0.3 is 5.97 Å². The highest BCUT2D eigenvalue weighted by Gasteiger charge is 2.47. The molecule has 1 aliphatic carbocycles. The number of carbonyl (C=O) groups is 5. The van der Waals surface area contributed by atoms with E-state index in [4.69, 9.17) is 4.74 Å². The van der Waals surface area contributed by atoms with Gasteiger partial charge in [-0.3, -0.25) is 24.1 Å². The molecular formula is C25H22N2O6. The van der Waals surface area contributed by atoms with Gasteiger partial charge < -0.3 is 10.1 Å². The lowest BCUT2D eigenvalue weighted by molar-refractivity contribution is -0.122. The summed E-state index contributed by atoms with van der Waals surface area (Å²) in [7, 11) is 0. The molecule has 2 atom stereocenters. The smallest absolute Gasteiger partial charge is 0.338 e. The van der Waals surface area contributed by atoms with E-state index in [1.165, 1.54) is 42.2 Å². The first-order valence-electron chi connectivity index (χ1n) is 10.6. The Morgan fingerprint density at radius 3 is 2.18 bits per heavy atom. The molecule has 4 rings (SSSR count). The lowest BCUT2D eigenvalue weighted by Crippen LogP contribution is -2.30. The summed E-state index contributed by atoms with van der Waals surface area (Å²) in [6.07, 6.45) is 4.95. The Balaban J connectivity index is 1.35. The molecule has 0 spiro atoms. The van der Waals surface area contributed by atoms with Crippen molar-refractivity contribution >= 4 is 40.8 Å². The lowest BCUT2D eigenvalue weighted by Gasteiger charge is -2.15. The second-order valence-corrected chi connectivity index (χ2v) is 7.98. The van der Waals surface area contributed by atoms with Gasteiger partial charge in [0.25, 0.3) is 5.91 Å². The number of carbonyl (C=O) groups excluding carboxylic acids is 5. The average molecular weight is 446 g/mol. The zero-order chi connectivity index (χ0) is 23.5. The van der Waals surface area contributed by atoms with Gasteiger partial charge in [-0.25, -0.2) is 4.79 Å². The molecule has 33 heavy (non-hydrogen) atoms. The highest BCUT2D eigenvalue weighted by atomic mass is 16.5. The Kier molecular flexibility index (Phi) is 6.17. The first kappa shape index (κ1) is 22.1. The average Bonchev–Trinajstić information content (AvgIpc) is 3.08. The molecule has 2 aromatic carbocycles. The van der Waals surface area contributed by atoms with Crippen molar-refractivity contribution in [1.82, 2.24) is 0 Å². The lowest BCUT2D eigenvalue weighted by atomic mass is 9.85. The third kappa shape index (κ3) is 4.59. The Labute approximate surface area is 190 Å². The number of ether oxygens (including phenoxy) is 1. The molecule has 1 saturated heterocycles. The number of allylic oxidation sites excluding steroid dienone is 2. The third-order valence-corrected chi connectivity index (χ3v) is 5.76. The molecule has 1 aliphatic heterocycles. The van der Waals surface area contributed by atoms with Crippen LogP contribution in [0.25, 0.3) is 0 Å². The van der Waals surface area contributed by atoms with Gasteiger partial charge in [-0.2, -0.15) is 0 Å². The standard InChI is InChI=1S/C25H22N2O6/c1-15(28)17-5-4-6-18(13-17)26-22(29)14-33-25(32)16-9-11-19(12-10-16)27-23(30)20-7-2-3-8-21(20)24(27)31/h2-6,9-13,20-21H,7-8,14H2,1H3,(H,26,29)/t20-,21-/m0/s1. The second-order valence-electron chi connectivity index (χ2n) is 7.98. The zero-order valence-electron chi connectivity index (χ0n) is 17.9. The summed E-state index contributed by atoms with van der Waals surface area (Å²) in [5, 5.41) is 2.57. The summed E-state index contributed by atoms with van der Waals surface area (Å²) < 4.78 is 5.05. The number of nitrogens with one attached hydrogen (secondary N) is 1. The van der Waals surface area contributed by atoms with Crippen LogP contribution in [0.3, 0.4) is 0 Å². The van der Waals surface area contributed by atoms with Gasteiger partial charge in [0.15, 0.2) is 12.4 Å². The van der Waals surface area contributed by atoms with Crippen LogP contribution in [0.5, 0.6) is 0 Å². The quantitative estimate of drug-likeness (QED) is 0.316. The maximum Gasteiger partial charge on any atom is 0.338 e. The van der Waals surface area contributed by atoms with Gasteiger partial charge in [0.2, 0.25) is 11.8 Å². The minimum absolute atomic E-state index is 0.131. The molecule has 8 nitrogen and oxygen atoms in total. The molecule has 0 bridgehead atoms. The number of nitrogens with zero attached hydrogens (tertiary/aromatic N) is 1. The molecule has 0 saturated carbocycles. The molecule has 1 fully saturated rings. The molecule has 2 aromatic rings. The minimum atomic E-state index is -0.717. The van der Waals surface area contributed by atoms with Crippen molar-refractivity contribution in [1.29, 1.82) is 0 Å². The van der Waals surface area contributed by atoms with Gasteiger partial charge in [-0.15, -0.1) is 0 Å². The van der Waals surface area contributed by atoms with Gasteiger partial charge in [-0.05, 0) is 56.2 Å². The van der Waals surface area contributed by atoms with E-state index in [1.807, 2.05) is 12.2 Å². The predicted molar refractivity (Wildman–Crippen MR) is 120 cm³/mol. The summed E-state index contributed by atoms with van der Waals surface area (Å²) in [6, 6.07) is 12.4. The van der Waals surface area contributed by atoms with E-state index < -0.39 is 18.5 Å². The van der Waals surface area contributed by atoms with Crippen LogP contribution in [0.4, 0.5) is 11.4 Å². The molecule has 1 heterocycles. The van der Waals surface area contributed by atoms with Crippen LogP contribution in [0.15, 0.2) is 60.7 Å². The van der Waals surface area contributed by atoms with Crippen molar-refractivity contribution in [2.45, 2.75) is 19.8 Å². The van der Waals surface area contributed by atoms with Crippen LogP contribution in [0, 0.1) is 11.8 Å². The van der Waals surface area contributed by atoms with Crippen LogP contribution in [-0.2, 0) is 19.1 Å². The van der Waals surface area contributed by atoms with E-state index in [2.05, 4.69) is 5.32 Å². The fraction of sp³-hybridized carbons (Fsp3) is 0.240. The minimum Gasteiger partial charge on any atom is -0.452 e. The van der Waals surface area contributed by atoms with Gasteiger partial charge in [0, 0.05) is 11.3 Å². The molecule has 0 unspecified atom stereocenters. The molecule has 1 N–H and O–H groups in total. The molecule has 8 heteroatoms. The SMILES string of the molecule is CC(=O)c1cccc(NC(=O)COC(=O)c2ccc(N3C(=O)[C@H]4CC=CC[C@@H]4C3=O)cc2)c1. The molecule has 0 aromatic heterocycles. The number of rotatable bonds is 6. The monoisotopic (exact) mass is 446 g/mol. The number of amides is 3. The first-order chi connectivity index (χ1) is 15.8. The van der Waals surface area contributed by atoms with Crippen LogP contribution in [-0.4, -0.2) is 36.1 Å². The molecular weight excluding hydrogens is 424 g/mol. The number of imide groups is 1. The number of esters is 1. The van der Waals surface area contributed by atoms with Gasteiger partial charge in [0.1, 0.15) is 0 Å². The van der Waals surface area contributed by atoms with Crippen LogP contribution in [0.2, 0.25) is 0 Å². The first-order valence-corrected chi connectivity index (χ1v) is 10.6. The van der Waals surface area contributed by atoms with Crippen molar-refractivity contribution in [3.05, 3.63) is 71.8 Å².